The molecule has 0 saturated carbocycles. The monoisotopic (exact) mass is 448 g/mol. The Morgan fingerprint density at radius 2 is 1.94 bits per heavy atom. The van der Waals surface area contributed by atoms with Crippen LogP contribution in [0.15, 0.2) is 47.4 Å². The van der Waals surface area contributed by atoms with E-state index in [0.717, 1.165) is 11.4 Å². The van der Waals surface area contributed by atoms with Crippen LogP contribution in [0.5, 0.6) is 0 Å². The molecule has 1 aliphatic heterocycles. The van der Waals surface area contributed by atoms with Crippen LogP contribution in [-0.2, 0) is 11.3 Å². The van der Waals surface area contributed by atoms with Crippen LogP contribution in [0.4, 0.5) is 5.82 Å². The van der Waals surface area contributed by atoms with Gasteiger partial charge in [0, 0.05) is 43.4 Å². The molecule has 1 saturated heterocycles. The van der Waals surface area contributed by atoms with Crippen LogP contribution >= 0.6 is 0 Å². The minimum Gasteiger partial charge on any atom is -0.383 e. The summed E-state index contributed by atoms with van der Waals surface area (Å²) in [6, 6.07) is 11.3. The molecular weight excluding hydrogens is 420 g/mol. The van der Waals surface area contributed by atoms with Crippen LogP contribution < -0.4 is 11.4 Å². The van der Waals surface area contributed by atoms with Gasteiger partial charge in [0.25, 0.3) is 0 Å². The highest BCUT2D eigenvalue weighted by atomic mass is 16.2. The Morgan fingerprint density at radius 3 is 2.67 bits per heavy atom. The summed E-state index contributed by atoms with van der Waals surface area (Å²) in [6.07, 6.45) is 2.96. The Balaban J connectivity index is 1.34. The Bertz CT molecular complexity index is 1230. The number of carbonyl (C=O) groups excluding carboxylic acids is 2. The fourth-order valence-electron chi connectivity index (χ4n) is 4.34. The average Bonchev–Trinajstić information content (AvgIpc) is 3.43. The summed E-state index contributed by atoms with van der Waals surface area (Å²) < 4.78 is 3.14. The minimum atomic E-state index is -0.296. The molecule has 2 aromatic heterocycles. The summed E-state index contributed by atoms with van der Waals surface area (Å²) in [7, 11) is 0. The van der Waals surface area contributed by atoms with Crippen LogP contribution in [0.2, 0.25) is 0 Å². The molecule has 1 fully saturated rings. The van der Waals surface area contributed by atoms with Gasteiger partial charge in [0.15, 0.2) is 5.78 Å². The van der Waals surface area contributed by atoms with E-state index < -0.39 is 0 Å². The maximum absolute atomic E-state index is 13.1. The predicted octanol–water partition coefficient (Wildman–Crippen LogP) is 2.14. The molecule has 3 aromatic rings. The van der Waals surface area contributed by atoms with Gasteiger partial charge in [-0.2, -0.15) is 10.1 Å². The van der Waals surface area contributed by atoms with Crippen molar-refractivity contribution in [2.75, 3.05) is 18.8 Å². The second-order valence-electron chi connectivity index (χ2n) is 8.46. The summed E-state index contributed by atoms with van der Waals surface area (Å²) in [5, 5.41) is 4.28. The first kappa shape index (κ1) is 22.4. The SMILES string of the molecule is Cc1cc(C)n(CCCC(=O)N2CCC(C(=O)c3cnn(-c4ccccc4)c3N)C2)c(=O)n1. The second-order valence-corrected chi connectivity index (χ2v) is 8.46. The number of nitrogen functional groups attached to an aromatic ring is 1. The maximum atomic E-state index is 13.1. The number of aryl methyl sites for hydroxylation is 2. The Morgan fingerprint density at radius 1 is 1.18 bits per heavy atom. The lowest BCUT2D eigenvalue weighted by Gasteiger charge is -2.17. The zero-order chi connectivity index (χ0) is 23.5. The van der Waals surface area contributed by atoms with Crippen LogP contribution in [0.3, 0.4) is 0 Å². The van der Waals surface area contributed by atoms with E-state index in [4.69, 9.17) is 5.73 Å². The number of Topliss-reactive ketones (excluding diaryl/α,β-unsaturated/α-hetero) is 1. The molecule has 1 aromatic carbocycles. The summed E-state index contributed by atoms with van der Waals surface area (Å²) in [4.78, 5) is 43.5. The maximum Gasteiger partial charge on any atom is 0.347 e. The van der Waals surface area contributed by atoms with E-state index in [2.05, 4.69) is 10.1 Å². The van der Waals surface area contributed by atoms with Crippen molar-refractivity contribution in [3.8, 4) is 5.69 Å². The number of hydrogen-bond donors (Lipinski definition) is 1. The normalized spacial score (nSPS) is 15.7. The van der Waals surface area contributed by atoms with E-state index in [-0.39, 0.29) is 23.3 Å². The molecule has 1 atom stereocenters. The summed E-state index contributed by atoms with van der Waals surface area (Å²) >= 11 is 0. The zero-order valence-electron chi connectivity index (χ0n) is 18.9. The molecule has 33 heavy (non-hydrogen) atoms. The van der Waals surface area contributed by atoms with Gasteiger partial charge in [-0.25, -0.2) is 9.48 Å². The Kier molecular flexibility index (Phi) is 6.39. The van der Waals surface area contributed by atoms with Crippen LogP contribution in [0.25, 0.3) is 5.69 Å². The largest absolute Gasteiger partial charge is 0.383 e. The second kappa shape index (κ2) is 9.40. The zero-order valence-corrected chi connectivity index (χ0v) is 18.9. The van der Waals surface area contributed by atoms with Crippen molar-refractivity contribution in [1.82, 2.24) is 24.2 Å². The Hall–Kier alpha value is -3.75. The Labute approximate surface area is 191 Å². The van der Waals surface area contributed by atoms with Gasteiger partial charge in [-0.1, -0.05) is 18.2 Å². The van der Waals surface area contributed by atoms with Gasteiger partial charge in [0.05, 0.1) is 17.4 Å². The molecule has 1 unspecified atom stereocenters. The topological polar surface area (TPSA) is 116 Å². The van der Waals surface area contributed by atoms with Gasteiger partial charge >= 0.3 is 5.69 Å². The number of amides is 1. The molecule has 9 heteroatoms. The van der Waals surface area contributed by atoms with Gasteiger partial charge in [-0.3, -0.25) is 14.2 Å². The number of ketones is 1. The van der Waals surface area contributed by atoms with Crippen LogP contribution in [-0.4, -0.2) is 49.0 Å². The highest BCUT2D eigenvalue weighted by Crippen LogP contribution is 2.25. The first-order chi connectivity index (χ1) is 15.8. The average molecular weight is 449 g/mol. The molecule has 1 aliphatic rings. The summed E-state index contributed by atoms with van der Waals surface area (Å²) in [5.74, 6) is -0.0822. The standard InChI is InChI=1S/C24H28N6O3/c1-16-13-17(2)29(24(33)27-16)11-6-9-21(31)28-12-10-18(15-28)22(32)20-14-26-30(23(20)25)19-7-4-3-5-8-19/h3-5,7-8,13-14,18H,6,9-12,15,25H2,1-2H3. The number of likely N-dealkylation sites (tertiary alicyclic amines) is 1. The van der Waals surface area contributed by atoms with Crippen molar-refractivity contribution in [2.24, 2.45) is 5.92 Å². The highest BCUT2D eigenvalue weighted by molar-refractivity contribution is 6.02. The number of nitrogens with two attached hydrogens (primary N) is 1. The highest BCUT2D eigenvalue weighted by Gasteiger charge is 2.33. The molecule has 3 heterocycles. The van der Waals surface area contributed by atoms with E-state index in [1.807, 2.05) is 43.3 Å². The molecule has 1 amide bonds. The number of anilines is 1. The number of aromatic nitrogens is 4. The van der Waals surface area contributed by atoms with Gasteiger partial charge in [-0.15, -0.1) is 0 Å². The third-order valence-corrected chi connectivity index (χ3v) is 6.10. The summed E-state index contributed by atoms with van der Waals surface area (Å²) in [5.41, 5.74) is 8.63. The number of carbonyl (C=O) groups is 2. The fourth-order valence-corrected chi connectivity index (χ4v) is 4.34. The van der Waals surface area contributed by atoms with E-state index >= 15 is 0 Å². The smallest absolute Gasteiger partial charge is 0.347 e. The minimum absolute atomic E-state index is 0.0102. The third kappa shape index (κ3) is 4.72. The van der Waals surface area contributed by atoms with Crippen LogP contribution in [0, 0.1) is 19.8 Å². The molecule has 0 bridgehead atoms. The van der Waals surface area contributed by atoms with Gasteiger partial charge < -0.3 is 10.6 Å². The van der Waals surface area contributed by atoms with E-state index in [0.29, 0.717) is 56.0 Å². The van der Waals surface area contributed by atoms with Gasteiger partial charge in [0.2, 0.25) is 5.91 Å². The van der Waals surface area contributed by atoms with Gasteiger partial charge in [0.1, 0.15) is 5.82 Å². The lowest BCUT2D eigenvalue weighted by molar-refractivity contribution is -0.130. The quantitative estimate of drug-likeness (QED) is 0.554. The van der Waals surface area contributed by atoms with Crippen molar-refractivity contribution in [2.45, 2.75) is 39.7 Å². The number of para-hydroxylation sites is 1. The van der Waals surface area contributed by atoms with Crippen LogP contribution in [0.1, 0.15) is 41.0 Å². The van der Waals surface area contributed by atoms with E-state index in [1.54, 1.807) is 21.1 Å². The molecule has 2 N–H and O–H groups in total. The molecular formula is C24H28N6O3. The van der Waals surface area contributed by atoms with Gasteiger partial charge in [-0.05, 0) is 44.9 Å². The number of benzene rings is 1. The van der Waals surface area contributed by atoms with Crippen molar-refractivity contribution < 1.29 is 9.59 Å². The lowest BCUT2D eigenvalue weighted by atomic mass is 9.98. The molecule has 0 spiro atoms. The van der Waals surface area contributed by atoms with Crippen molar-refractivity contribution >= 4 is 17.5 Å². The fraction of sp³-hybridized carbons (Fsp3) is 0.375. The van der Waals surface area contributed by atoms with E-state index in [9.17, 15) is 14.4 Å². The first-order valence-electron chi connectivity index (χ1n) is 11.1. The molecule has 9 nitrogen and oxygen atoms in total. The summed E-state index contributed by atoms with van der Waals surface area (Å²) in [6.45, 7) is 4.99. The molecule has 172 valence electrons. The number of nitrogens with zero attached hydrogens (tertiary/aromatic N) is 5. The lowest BCUT2D eigenvalue weighted by Crippen LogP contribution is -2.31. The van der Waals surface area contributed by atoms with Crippen molar-refractivity contribution in [1.29, 1.82) is 0 Å². The van der Waals surface area contributed by atoms with E-state index in [1.165, 1.54) is 6.20 Å². The third-order valence-electron chi connectivity index (χ3n) is 6.10. The molecule has 0 radical (unpaired) electrons. The molecule has 4 rings (SSSR count). The van der Waals surface area contributed by atoms with Crippen molar-refractivity contribution in [3.05, 3.63) is 70.0 Å². The van der Waals surface area contributed by atoms with Crippen molar-refractivity contribution in [3.63, 3.8) is 0 Å². The first-order valence-corrected chi connectivity index (χ1v) is 11.1. The number of rotatable bonds is 7. The predicted molar refractivity (Wildman–Crippen MR) is 124 cm³/mol. The number of hydrogen-bond acceptors (Lipinski definition) is 6. The molecule has 0 aliphatic carbocycles.